The SMILES string of the molecule is CC(C)[C@@H]1NC(=O)[C@@H]2CCCN2C(=O)[C@H]2CCCN2C(=O)C[C@@H](C(=O)NCCCC(=O)O)NC1=O. The third kappa shape index (κ3) is 6.29. The number of carbonyl (C=O) groups excluding carboxylic acids is 5. The van der Waals surface area contributed by atoms with Crippen LogP contribution in [0.25, 0.3) is 0 Å². The van der Waals surface area contributed by atoms with Gasteiger partial charge in [-0.2, -0.15) is 0 Å². The van der Waals surface area contributed by atoms with Gasteiger partial charge in [0.1, 0.15) is 24.2 Å². The summed E-state index contributed by atoms with van der Waals surface area (Å²) in [5.74, 6) is -3.65. The maximum absolute atomic E-state index is 13.4. The van der Waals surface area contributed by atoms with E-state index in [2.05, 4.69) is 16.0 Å². The van der Waals surface area contributed by atoms with E-state index in [-0.39, 0.29) is 37.6 Å². The molecule has 12 nitrogen and oxygen atoms in total. The molecule has 3 heterocycles. The van der Waals surface area contributed by atoms with E-state index in [1.165, 1.54) is 9.80 Å². The minimum absolute atomic E-state index is 0.0670. The fourth-order valence-corrected chi connectivity index (χ4v) is 4.94. The van der Waals surface area contributed by atoms with Gasteiger partial charge >= 0.3 is 5.97 Å². The Morgan fingerprint density at radius 1 is 1.00 bits per heavy atom. The van der Waals surface area contributed by atoms with E-state index in [9.17, 15) is 28.8 Å². The number of hydrogen-bond acceptors (Lipinski definition) is 6. The van der Waals surface area contributed by atoms with Crippen molar-refractivity contribution < 1.29 is 33.9 Å². The van der Waals surface area contributed by atoms with Crippen molar-refractivity contribution in [2.24, 2.45) is 5.92 Å². The van der Waals surface area contributed by atoms with Crippen LogP contribution >= 0.6 is 0 Å². The summed E-state index contributed by atoms with van der Waals surface area (Å²) in [6, 6.07) is -3.59. The molecule has 0 aliphatic carbocycles. The molecule has 0 aromatic heterocycles. The lowest BCUT2D eigenvalue weighted by molar-refractivity contribution is -0.147. The van der Waals surface area contributed by atoms with E-state index in [0.29, 0.717) is 38.8 Å². The van der Waals surface area contributed by atoms with E-state index in [0.717, 1.165) is 0 Å². The smallest absolute Gasteiger partial charge is 0.303 e. The molecule has 4 N–H and O–H groups in total. The van der Waals surface area contributed by atoms with Gasteiger partial charge in [-0.15, -0.1) is 0 Å². The molecular formula is C23H35N5O7. The highest BCUT2D eigenvalue weighted by Crippen LogP contribution is 2.26. The van der Waals surface area contributed by atoms with E-state index in [4.69, 9.17) is 5.11 Å². The molecular weight excluding hydrogens is 458 g/mol. The second-order valence-corrected chi connectivity index (χ2v) is 9.72. The first-order valence-electron chi connectivity index (χ1n) is 12.3. The van der Waals surface area contributed by atoms with Gasteiger partial charge < -0.3 is 30.9 Å². The van der Waals surface area contributed by atoms with Crippen LogP contribution in [0.5, 0.6) is 0 Å². The van der Waals surface area contributed by atoms with Gasteiger partial charge in [-0.25, -0.2) is 0 Å². The van der Waals surface area contributed by atoms with Crippen molar-refractivity contribution in [1.82, 2.24) is 25.8 Å². The molecule has 35 heavy (non-hydrogen) atoms. The van der Waals surface area contributed by atoms with Crippen molar-refractivity contribution in [3.05, 3.63) is 0 Å². The number of carboxylic acid groups (broad SMARTS) is 1. The van der Waals surface area contributed by atoms with Crippen LogP contribution in [-0.4, -0.2) is 94.2 Å². The van der Waals surface area contributed by atoms with Gasteiger partial charge in [0.15, 0.2) is 0 Å². The summed E-state index contributed by atoms with van der Waals surface area (Å²) in [6.07, 6.45) is 1.96. The van der Waals surface area contributed by atoms with Gasteiger partial charge in [0.25, 0.3) is 0 Å². The lowest BCUT2D eigenvalue weighted by Gasteiger charge is -2.31. The highest BCUT2D eigenvalue weighted by atomic mass is 16.4. The number of amides is 5. The topological polar surface area (TPSA) is 165 Å². The van der Waals surface area contributed by atoms with Gasteiger partial charge in [-0.3, -0.25) is 28.8 Å². The molecule has 0 saturated carbocycles. The zero-order chi connectivity index (χ0) is 25.7. The minimum Gasteiger partial charge on any atom is -0.481 e. The second kappa shape index (κ2) is 11.5. The van der Waals surface area contributed by atoms with Gasteiger partial charge in [-0.1, -0.05) is 13.8 Å². The Labute approximate surface area is 204 Å². The fraction of sp³-hybridized carbons (Fsp3) is 0.739. The molecule has 194 valence electrons. The molecule has 0 radical (unpaired) electrons. The number of aliphatic carboxylic acids is 1. The molecule has 5 amide bonds. The first kappa shape index (κ1) is 26.4. The zero-order valence-electron chi connectivity index (χ0n) is 20.2. The number of nitrogens with zero attached hydrogens (tertiary/aromatic N) is 2. The van der Waals surface area contributed by atoms with Gasteiger partial charge in [-0.05, 0) is 38.0 Å². The molecule has 0 unspecified atom stereocenters. The minimum atomic E-state index is -1.23. The molecule has 3 fully saturated rings. The molecule has 3 rings (SSSR count). The predicted octanol–water partition coefficient (Wildman–Crippen LogP) is -1.02. The Morgan fingerprint density at radius 2 is 1.66 bits per heavy atom. The van der Waals surface area contributed by atoms with Crippen molar-refractivity contribution in [3.63, 3.8) is 0 Å². The van der Waals surface area contributed by atoms with Crippen molar-refractivity contribution in [2.45, 2.75) is 83.0 Å². The van der Waals surface area contributed by atoms with E-state index in [1.807, 2.05) is 0 Å². The average Bonchev–Trinajstić information content (AvgIpc) is 3.48. The van der Waals surface area contributed by atoms with Crippen molar-refractivity contribution in [2.75, 3.05) is 19.6 Å². The van der Waals surface area contributed by atoms with Crippen molar-refractivity contribution in [3.8, 4) is 0 Å². The zero-order valence-corrected chi connectivity index (χ0v) is 20.2. The van der Waals surface area contributed by atoms with Gasteiger partial charge in [0.05, 0.1) is 6.42 Å². The Balaban J connectivity index is 1.87. The summed E-state index contributed by atoms with van der Waals surface area (Å²) in [5, 5.41) is 16.7. The van der Waals surface area contributed by atoms with E-state index in [1.54, 1.807) is 13.8 Å². The summed E-state index contributed by atoms with van der Waals surface area (Å²) >= 11 is 0. The molecule has 4 atom stereocenters. The molecule has 0 aromatic rings. The molecule has 0 bridgehead atoms. The van der Waals surface area contributed by atoms with E-state index >= 15 is 0 Å². The third-order valence-electron chi connectivity index (χ3n) is 6.82. The van der Waals surface area contributed by atoms with Crippen LogP contribution in [0.4, 0.5) is 0 Å². The van der Waals surface area contributed by atoms with Crippen LogP contribution in [-0.2, 0) is 28.8 Å². The van der Waals surface area contributed by atoms with Crippen LogP contribution in [0.1, 0.15) is 58.8 Å². The first-order valence-corrected chi connectivity index (χ1v) is 12.3. The standard InChI is InChI=1S/C23H35N5O7/c1-13(2)19-22(34)25-14(20(32)24-9-3-8-18(30)31)12-17(29)27-10-5-7-16(27)23(35)28-11-4-6-15(28)21(33)26-19/h13-16,19H,3-12H2,1-2H3,(H,24,32)(H,25,34)(H,26,33)(H,30,31)/t14-,15-,16+,19-/m0/s1. The van der Waals surface area contributed by atoms with Crippen molar-refractivity contribution >= 4 is 35.5 Å². The maximum Gasteiger partial charge on any atom is 0.303 e. The number of hydrogen-bond donors (Lipinski definition) is 4. The van der Waals surface area contributed by atoms with Crippen LogP contribution in [0.3, 0.4) is 0 Å². The number of carboxylic acids is 1. The fourth-order valence-electron chi connectivity index (χ4n) is 4.94. The quantitative estimate of drug-likeness (QED) is 0.344. The predicted molar refractivity (Wildman–Crippen MR) is 123 cm³/mol. The molecule has 3 aliphatic rings. The van der Waals surface area contributed by atoms with Crippen LogP contribution < -0.4 is 16.0 Å². The highest BCUT2D eigenvalue weighted by molar-refractivity contribution is 5.98. The number of nitrogens with one attached hydrogen (secondary N) is 3. The molecule has 3 aliphatic heterocycles. The Morgan fingerprint density at radius 3 is 2.31 bits per heavy atom. The summed E-state index contributed by atoms with van der Waals surface area (Å²) in [4.78, 5) is 79.4. The monoisotopic (exact) mass is 493 g/mol. The van der Waals surface area contributed by atoms with E-state index < -0.39 is 53.8 Å². The molecule has 12 heteroatoms. The average molecular weight is 494 g/mol. The summed E-state index contributed by atoms with van der Waals surface area (Å²) in [7, 11) is 0. The molecule has 3 saturated heterocycles. The summed E-state index contributed by atoms with van der Waals surface area (Å²) in [6.45, 7) is 4.34. The van der Waals surface area contributed by atoms with Crippen LogP contribution in [0.15, 0.2) is 0 Å². The van der Waals surface area contributed by atoms with Gasteiger partial charge in [0, 0.05) is 26.1 Å². The van der Waals surface area contributed by atoms with Crippen LogP contribution in [0.2, 0.25) is 0 Å². The Hall–Kier alpha value is -3.18. The highest BCUT2D eigenvalue weighted by Gasteiger charge is 2.44. The molecule has 0 spiro atoms. The number of carbonyl (C=O) groups is 6. The van der Waals surface area contributed by atoms with Crippen LogP contribution in [0, 0.1) is 5.92 Å². The lowest BCUT2D eigenvalue weighted by atomic mass is 10.0. The first-order chi connectivity index (χ1) is 16.6. The maximum atomic E-state index is 13.4. The largest absolute Gasteiger partial charge is 0.481 e. The molecule has 0 aromatic carbocycles. The van der Waals surface area contributed by atoms with Gasteiger partial charge in [0.2, 0.25) is 29.5 Å². The number of rotatable bonds is 6. The number of fused-ring (bicyclic) bond motifs is 2. The second-order valence-electron chi connectivity index (χ2n) is 9.72. The summed E-state index contributed by atoms with van der Waals surface area (Å²) < 4.78 is 0. The Bertz CT molecular complexity index is 866. The lowest BCUT2D eigenvalue weighted by Crippen LogP contribution is -2.58. The Kier molecular flexibility index (Phi) is 8.68. The summed E-state index contributed by atoms with van der Waals surface area (Å²) in [5.41, 5.74) is 0. The normalized spacial score (nSPS) is 27.9. The van der Waals surface area contributed by atoms with Crippen molar-refractivity contribution in [1.29, 1.82) is 0 Å². The third-order valence-corrected chi connectivity index (χ3v) is 6.82.